The first-order chi connectivity index (χ1) is 15.9. The Labute approximate surface area is 192 Å². The number of anilines is 2. The van der Waals surface area contributed by atoms with Gasteiger partial charge in [-0.1, -0.05) is 6.07 Å². The van der Waals surface area contributed by atoms with E-state index in [1.54, 1.807) is 13.8 Å². The number of fused-ring (bicyclic) bond motifs is 1. The van der Waals surface area contributed by atoms with Gasteiger partial charge in [0.1, 0.15) is 16.6 Å². The van der Waals surface area contributed by atoms with Crippen LogP contribution in [0.1, 0.15) is 39.4 Å². The molecule has 1 aromatic carbocycles. The van der Waals surface area contributed by atoms with Crippen LogP contribution >= 0.6 is 0 Å². The highest BCUT2D eigenvalue weighted by atomic mass is 19.4. The monoisotopic (exact) mass is 474 g/mol. The number of pyridine rings is 1. The molecule has 4 rings (SSSR count). The van der Waals surface area contributed by atoms with Crippen LogP contribution in [0.15, 0.2) is 53.5 Å². The van der Waals surface area contributed by atoms with Gasteiger partial charge in [0.05, 0.1) is 5.69 Å². The maximum atomic E-state index is 13.6. The van der Waals surface area contributed by atoms with Gasteiger partial charge in [-0.25, -0.2) is 23.7 Å². The predicted molar refractivity (Wildman–Crippen MR) is 120 cm³/mol. The number of hydrogen-bond donors (Lipinski definition) is 1. The van der Waals surface area contributed by atoms with E-state index in [2.05, 4.69) is 20.3 Å². The van der Waals surface area contributed by atoms with Crippen molar-refractivity contribution in [1.82, 2.24) is 24.3 Å². The van der Waals surface area contributed by atoms with Crippen LogP contribution in [-0.2, 0) is 5.41 Å². The van der Waals surface area contributed by atoms with Crippen molar-refractivity contribution in [2.45, 2.75) is 45.3 Å². The van der Waals surface area contributed by atoms with E-state index in [-0.39, 0.29) is 34.5 Å². The number of rotatable bonds is 5. The van der Waals surface area contributed by atoms with E-state index in [1.165, 1.54) is 58.0 Å². The summed E-state index contributed by atoms with van der Waals surface area (Å²) < 4.78 is 56.9. The van der Waals surface area contributed by atoms with Crippen LogP contribution in [-0.4, -0.2) is 30.5 Å². The van der Waals surface area contributed by atoms with Gasteiger partial charge in [0.15, 0.2) is 11.5 Å². The van der Waals surface area contributed by atoms with E-state index in [0.717, 1.165) is 13.8 Å². The fourth-order valence-corrected chi connectivity index (χ4v) is 3.44. The van der Waals surface area contributed by atoms with Crippen LogP contribution < -0.4 is 10.9 Å². The third-order valence-corrected chi connectivity index (χ3v) is 5.51. The van der Waals surface area contributed by atoms with Crippen molar-refractivity contribution in [3.8, 4) is 5.82 Å². The smallest absolute Gasteiger partial charge is 0.324 e. The van der Waals surface area contributed by atoms with Gasteiger partial charge in [0.25, 0.3) is 5.56 Å². The first kappa shape index (κ1) is 23.4. The SMILES string of the molecule is CC(C)n1c(=O)c2cnc(Nc3ccc(F)cc3)nc2n1-c1cccc(C(C)(C)C(F)(F)F)n1. The number of hydrogen-bond acceptors (Lipinski definition) is 5. The highest BCUT2D eigenvalue weighted by molar-refractivity contribution is 5.77. The normalized spacial score (nSPS) is 12.5. The van der Waals surface area contributed by atoms with E-state index in [4.69, 9.17) is 0 Å². The van der Waals surface area contributed by atoms with E-state index >= 15 is 0 Å². The summed E-state index contributed by atoms with van der Waals surface area (Å²) in [6.45, 7) is 5.64. The topological polar surface area (TPSA) is 77.6 Å². The molecule has 0 aliphatic rings. The lowest BCUT2D eigenvalue weighted by Crippen LogP contribution is -2.37. The van der Waals surface area contributed by atoms with Crippen LogP contribution in [0, 0.1) is 5.82 Å². The third kappa shape index (κ3) is 4.02. The summed E-state index contributed by atoms with van der Waals surface area (Å²) in [6, 6.07) is 9.47. The molecule has 4 aromatic rings. The molecule has 178 valence electrons. The van der Waals surface area contributed by atoms with Gasteiger partial charge in [-0.15, -0.1) is 0 Å². The lowest BCUT2D eigenvalue weighted by molar-refractivity contribution is -0.181. The molecule has 0 spiro atoms. The van der Waals surface area contributed by atoms with Crippen molar-refractivity contribution >= 4 is 22.7 Å². The Bertz CT molecular complexity index is 1400. The average Bonchev–Trinajstić information content (AvgIpc) is 3.07. The summed E-state index contributed by atoms with van der Waals surface area (Å²) in [5, 5.41) is 3.11. The van der Waals surface area contributed by atoms with Gasteiger partial charge in [-0.2, -0.15) is 18.2 Å². The van der Waals surface area contributed by atoms with Crippen LogP contribution in [0.4, 0.5) is 29.2 Å². The largest absolute Gasteiger partial charge is 0.399 e. The minimum Gasteiger partial charge on any atom is -0.324 e. The summed E-state index contributed by atoms with van der Waals surface area (Å²) >= 11 is 0. The second kappa shape index (κ2) is 8.23. The molecule has 0 radical (unpaired) electrons. The zero-order valence-electron chi connectivity index (χ0n) is 18.9. The van der Waals surface area contributed by atoms with Crippen LogP contribution in [0.25, 0.3) is 16.9 Å². The third-order valence-electron chi connectivity index (χ3n) is 5.51. The second-order valence-electron chi connectivity index (χ2n) is 8.62. The Morgan fingerprint density at radius 3 is 2.29 bits per heavy atom. The number of nitrogens with zero attached hydrogens (tertiary/aromatic N) is 5. The molecule has 0 bridgehead atoms. The molecule has 0 aliphatic carbocycles. The summed E-state index contributed by atoms with van der Waals surface area (Å²) in [6.07, 6.45) is -3.18. The van der Waals surface area contributed by atoms with Gasteiger partial charge < -0.3 is 5.32 Å². The van der Waals surface area contributed by atoms with Gasteiger partial charge in [-0.05, 0) is 64.1 Å². The van der Waals surface area contributed by atoms with Gasteiger partial charge in [0.2, 0.25) is 5.95 Å². The molecule has 1 N–H and O–H groups in total. The second-order valence-corrected chi connectivity index (χ2v) is 8.62. The molecule has 0 unspecified atom stereocenters. The number of nitrogens with one attached hydrogen (secondary N) is 1. The quantitative estimate of drug-likeness (QED) is 0.398. The predicted octanol–water partition coefficient (Wildman–Crippen LogP) is 5.28. The van der Waals surface area contributed by atoms with E-state index in [1.807, 2.05) is 0 Å². The summed E-state index contributed by atoms with van der Waals surface area (Å²) in [5.41, 5.74) is -2.11. The minimum absolute atomic E-state index is 0.113. The molecule has 0 atom stereocenters. The highest BCUT2D eigenvalue weighted by Crippen LogP contribution is 2.39. The molecule has 0 amide bonds. The Balaban J connectivity index is 1.91. The van der Waals surface area contributed by atoms with Crippen molar-refractivity contribution in [2.24, 2.45) is 0 Å². The summed E-state index contributed by atoms with van der Waals surface area (Å²) in [7, 11) is 0. The van der Waals surface area contributed by atoms with Crippen molar-refractivity contribution in [3.05, 3.63) is 70.5 Å². The molecule has 7 nitrogen and oxygen atoms in total. The molecule has 0 saturated heterocycles. The van der Waals surface area contributed by atoms with E-state index in [0.29, 0.717) is 5.69 Å². The number of alkyl halides is 3. The maximum Gasteiger partial charge on any atom is 0.399 e. The van der Waals surface area contributed by atoms with Crippen LogP contribution in [0.2, 0.25) is 0 Å². The van der Waals surface area contributed by atoms with Gasteiger partial charge in [-0.3, -0.25) is 4.79 Å². The zero-order valence-corrected chi connectivity index (χ0v) is 18.9. The van der Waals surface area contributed by atoms with Crippen molar-refractivity contribution < 1.29 is 17.6 Å². The lowest BCUT2D eigenvalue weighted by atomic mass is 9.88. The number of aromatic nitrogens is 5. The molecule has 3 aromatic heterocycles. The first-order valence-electron chi connectivity index (χ1n) is 10.5. The van der Waals surface area contributed by atoms with Gasteiger partial charge in [0, 0.05) is 17.9 Å². The van der Waals surface area contributed by atoms with Crippen molar-refractivity contribution in [3.63, 3.8) is 0 Å². The molecule has 0 saturated carbocycles. The fourth-order valence-electron chi connectivity index (χ4n) is 3.44. The molecular weight excluding hydrogens is 452 g/mol. The first-order valence-corrected chi connectivity index (χ1v) is 10.5. The highest BCUT2D eigenvalue weighted by Gasteiger charge is 2.49. The van der Waals surface area contributed by atoms with Crippen LogP contribution in [0.3, 0.4) is 0 Å². The Kier molecular flexibility index (Phi) is 5.66. The summed E-state index contributed by atoms with van der Waals surface area (Å²) in [5.74, 6) is -0.167. The van der Waals surface area contributed by atoms with E-state index in [9.17, 15) is 22.4 Å². The van der Waals surface area contributed by atoms with Crippen LogP contribution in [0.5, 0.6) is 0 Å². The minimum atomic E-state index is -4.52. The molecule has 34 heavy (non-hydrogen) atoms. The average molecular weight is 474 g/mol. The molecule has 0 fully saturated rings. The Morgan fingerprint density at radius 1 is 1.00 bits per heavy atom. The molecule has 0 aliphatic heterocycles. The van der Waals surface area contributed by atoms with Crippen molar-refractivity contribution in [2.75, 3.05) is 5.32 Å². The Morgan fingerprint density at radius 2 is 1.68 bits per heavy atom. The molecule has 11 heteroatoms. The lowest BCUT2D eigenvalue weighted by Gasteiger charge is -2.27. The fraction of sp³-hybridized carbons (Fsp3) is 0.304. The van der Waals surface area contributed by atoms with Gasteiger partial charge >= 0.3 is 6.18 Å². The number of halogens is 4. The Hall–Kier alpha value is -3.76. The molecular formula is C23H22F4N6O. The summed E-state index contributed by atoms with van der Waals surface area (Å²) in [4.78, 5) is 26.0. The van der Waals surface area contributed by atoms with E-state index < -0.39 is 23.0 Å². The number of benzene rings is 1. The molecule has 3 heterocycles. The standard InChI is InChI=1S/C23H22F4N6O/c1-13(2)32-20(34)16-12-28-21(29-15-10-8-14(24)9-11-15)31-19(16)33(32)18-7-5-6-17(30-18)22(3,4)23(25,26)27/h5-13H,1-4H3,(H,28,29,31). The van der Waals surface area contributed by atoms with Crippen molar-refractivity contribution in [1.29, 1.82) is 0 Å². The maximum absolute atomic E-state index is 13.6. The zero-order chi connectivity index (χ0) is 24.8.